The van der Waals surface area contributed by atoms with Crippen molar-refractivity contribution in [2.24, 2.45) is 5.41 Å². The Balaban J connectivity index is -0.000000176. The van der Waals surface area contributed by atoms with E-state index in [0.717, 1.165) is 26.4 Å². The quantitative estimate of drug-likeness (QED) is 0.761. The molecule has 0 aromatic carbocycles. The summed E-state index contributed by atoms with van der Waals surface area (Å²) in [7, 11) is 4.23. The Kier molecular flexibility index (Phi) is 13.1. The molecule has 0 amide bonds. The minimum Gasteiger partial charge on any atom is -0.566 e. The summed E-state index contributed by atoms with van der Waals surface area (Å²) in [6.45, 7) is 7.27. The predicted molar refractivity (Wildman–Crippen MR) is 49.1 cm³/mol. The van der Waals surface area contributed by atoms with Crippen molar-refractivity contribution >= 4 is 0 Å². The average molecular weight is 361 g/mol. The Bertz CT molecular complexity index is 100. The van der Waals surface area contributed by atoms with Crippen molar-refractivity contribution in [2.45, 2.75) is 13.8 Å². The minimum absolute atomic E-state index is 0. The van der Waals surface area contributed by atoms with Gasteiger partial charge in [0.05, 0.1) is 19.8 Å². The molecule has 80 valence electrons. The minimum atomic E-state index is 0. The molecule has 13 heavy (non-hydrogen) atoms. The van der Waals surface area contributed by atoms with Gasteiger partial charge < -0.3 is 22.0 Å². The third kappa shape index (κ3) is 8.89. The summed E-state index contributed by atoms with van der Waals surface area (Å²) in [5.74, 6) is 0. The second kappa shape index (κ2) is 10.6. The van der Waals surface area contributed by atoms with Crippen LogP contribution in [0.25, 0.3) is 0 Å². The zero-order valence-corrected chi connectivity index (χ0v) is 11.5. The van der Waals surface area contributed by atoms with E-state index in [1.54, 1.807) is 14.0 Å². The first kappa shape index (κ1) is 16.0. The van der Waals surface area contributed by atoms with Crippen LogP contribution < -0.4 is 0 Å². The third-order valence-electron chi connectivity index (χ3n) is 1.39. The van der Waals surface area contributed by atoms with Crippen LogP contribution >= 0.6 is 0 Å². The van der Waals surface area contributed by atoms with E-state index in [9.17, 15) is 0 Å². The molecule has 3 nitrogen and oxygen atoms in total. The average Bonchev–Trinajstić information content (AvgIpc) is 2.07. The van der Waals surface area contributed by atoms with Crippen LogP contribution in [0.2, 0.25) is 0 Å². The fourth-order valence-electron chi connectivity index (χ4n) is 0.882. The summed E-state index contributed by atoms with van der Waals surface area (Å²) in [6, 6.07) is 0. The van der Waals surface area contributed by atoms with Gasteiger partial charge in [-0.2, -0.15) is 6.92 Å². The monoisotopic (exact) mass is 361 g/mol. The van der Waals surface area contributed by atoms with Crippen LogP contribution in [-0.4, -0.2) is 32.0 Å². The van der Waals surface area contributed by atoms with Gasteiger partial charge in [-0.05, 0) is 0 Å². The van der Waals surface area contributed by atoms with Gasteiger partial charge in [-0.15, -0.1) is 0 Å². The van der Waals surface area contributed by atoms with E-state index in [1.807, 2.05) is 0 Å². The second-order valence-electron chi connectivity index (χ2n) is 2.99. The van der Waals surface area contributed by atoms with E-state index in [0.29, 0.717) is 5.41 Å². The molecule has 0 aliphatic carbocycles. The third-order valence-corrected chi connectivity index (χ3v) is 1.39. The molecular weight excluding hydrogens is 340 g/mol. The van der Waals surface area contributed by atoms with E-state index in [-0.39, 0.29) is 21.1 Å². The van der Waals surface area contributed by atoms with Gasteiger partial charge in [-0.1, -0.05) is 6.92 Å². The summed E-state index contributed by atoms with van der Waals surface area (Å²) in [4.78, 5) is 0. The number of rotatable bonds is 2. The van der Waals surface area contributed by atoms with Crippen LogP contribution in [-0.2, 0) is 30.5 Å². The smallest absolute Gasteiger partial charge is 0.566 e. The van der Waals surface area contributed by atoms with Crippen molar-refractivity contribution in [2.75, 3.05) is 26.9 Å². The molecule has 0 saturated carbocycles. The molecule has 0 spiro atoms. The summed E-state index contributed by atoms with van der Waals surface area (Å²) < 4.78 is 15.5. The maximum absolute atomic E-state index is 7.44. The Morgan fingerprint density at radius 1 is 1.69 bits per heavy atom. The molecule has 1 aliphatic heterocycles. The summed E-state index contributed by atoms with van der Waals surface area (Å²) in [5, 5.41) is 7.44. The van der Waals surface area contributed by atoms with E-state index in [2.05, 4.69) is 14.3 Å². The largest absolute Gasteiger partial charge is 2.00 e. The van der Waals surface area contributed by atoms with Crippen molar-refractivity contribution in [1.29, 1.82) is 0 Å². The standard InChI is InChI=1S/C6H12O2.C2H5O.CH3.W/c1-6(3-7-2)4-8-5-6;1-2-3;;/h3-5H2,1-2H3;2-3H,1H3;1H3;/q;2*-1;+2/i;;1D;. The molecular formula is C9H20O3W. The number of methoxy groups -OCH3 is 1. The second-order valence-corrected chi connectivity index (χ2v) is 2.99. The van der Waals surface area contributed by atoms with E-state index in [4.69, 9.17) is 16.0 Å². The van der Waals surface area contributed by atoms with Crippen LogP contribution in [0, 0.1) is 19.4 Å². The number of hydrogen-bond donors (Lipinski definition) is 1. The first-order valence-corrected chi connectivity index (χ1v) is 3.67. The van der Waals surface area contributed by atoms with Crippen molar-refractivity contribution in [3.8, 4) is 0 Å². The summed E-state index contributed by atoms with van der Waals surface area (Å²) in [6.07, 6.45) is 0. The molecule has 0 aromatic heterocycles. The van der Waals surface area contributed by atoms with E-state index < -0.39 is 0 Å². The van der Waals surface area contributed by atoms with E-state index >= 15 is 0 Å². The summed E-state index contributed by atoms with van der Waals surface area (Å²) in [5.41, 5.74) is 0.328. The van der Waals surface area contributed by atoms with Gasteiger partial charge in [-0.25, -0.2) is 7.98 Å². The molecule has 0 unspecified atom stereocenters. The van der Waals surface area contributed by atoms with Gasteiger partial charge in [0, 0.05) is 12.5 Å². The molecule has 1 rings (SSSR count). The van der Waals surface area contributed by atoms with Gasteiger partial charge in [-0.3, -0.25) is 0 Å². The fraction of sp³-hybridized carbons (Fsp3) is 0.778. The zero-order valence-electron chi connectivity index (χ0n) is 9.58. The summed E-state index contributed by atoms with van der Waals surface area (Å²) >= 11 is 0. The van der Waals surface area contributed by atoms with Gasteiger partial charge in [0.25, 0.3) is 0 Å². The molecule has 1 aliphatic rings. The Labute approximate surface area is 97.5 Å². The zero-order chi connectivity index (χ0) is 10.7. The van der Waals surface area contributed by atoms with Gasteiger partial charge in [0.2, 0.25) is 0 Å². The molecule has 4 heteroatoms. The maximum atomic E-state index is 7.44. The number of aliphatic hydroxyl groups excluding tert-OH is 1. The van der Waals surface area contributed by atoms with Crippen LogP contribution in [0.1, 0.15) is 15.2 Å². The normalized spacial score (nSPS) is 17.2. The molecule has 1 N–H and O–H groups in total. The molecule has 0 bridgehead atoms. The Hall–Kier alpha value is 0.568. The van der Waals surface area contributed by atoms with Gasteiger partial charge >= 0.3 is 21.1 Å². The van der Waals surface area contributed by atoms with Gasteiger partial charge in [0.15, 0.2) is 0 Å². The SMILES string of the molecule is COCC1(C)COC1.C[CH-]O.[2H][CH2-].[W+2]. The number of aliphatic hydroxyl groups is 1. The van der Waals surface area contributed by atoms with Gasteiger partial charge in [0.1, 0.15) is 0 Å². The Morgan fingerprint density at radius 3 is 2.15 bits per heavy atom. The first-order chi connectivity index (χ1) is 6.18. The predicted octanol–water partition coefficient (Wildman–Crippen LogP) is 1.66. The van der Waals surface area contributed by atoms with E-state index in [1.165, 1.54) is 0 Å². The molecule has 1 fully saturated rings. The maximum Gasteiger partial charge on any atom is 2.00 e. The Morgan fingerprint density at radius 2 is 2.08 bits per heavy atom. The van der Waals surface area contributed by atoms with Crippen molar-refractivity contribution < 1.29 is 37.0 Å². The van der Waals surface area contributed by atoms with Crippen molar-refractivity contribution in [3.63, 3.8) is 0 Å². The first-order valence-electron chi connectivity index (χ1n) is 4.38. The van der Waals surface area contributed by atoms with Crippen molar-refractivity contribution in [1.82, 2.24) is 0 Å². The van der Waals surface area contributed by atoms with Crippen LogP contribution in [0.4, 0.5) is 0 Å². The van der Waals surface area contributed by atoms with Crippen LogP contribution in [0.5, 0.6) is 0 Å². The fourth-order valence-corrected chi connectivity index (χ4v) is 0.882. The van der Waals surface area contributed by atoms with Crippen molar-refractivity contribution in [3.05, 3.63) is 14.0 Å². The molecule has 0 atom stereocenters. The van der Waals surface area contributed by atoms with Crippen LogP contribution in [0.15, 0.2) is 0 Å². The van der Waals surface area contributed by atoms with Crippen LogP contribution in [0.3, 0.4) is 0 Å². The molecule has 0 aromatic rings. The topological polar surface area (TPSA) is 38.7 Å². The number of ether oxygens (including phenoxy) is 2. The number of hydrogen-bond acceptors (Lipinski definition) is 3. The molecule has 1 heterocycles. The molecule has 1 saturated heterocycles. The molecule has 0 radical (unpaired) electrons.